The normalized spacial score (nSPS) is 17.9. The zero-order chi connectivity index (χ0) is 15.2. The molecule has 6 heteroatoms. The van der Waals surface area contributed by atoms with Crippen molar-refractivity contribution in [1.29, 1.82) is 0 Å². The van der Waals surface area contributed by atoms with Gasteiger partial charge in [0.05, 0.1) is 0 Å². The lowest BCUT2D eigenvalue weighted by atomic mass is 10.2. The number of rotatable bonds is 3. The van der Waals surface area contributed by atoms with E-state index in [0.717, 1.165) is 5.56 Å². The molecule has 2 rings (SSSR count). The van der Waals surface area contributed by atoms with Gasteiger partial charge in [0, 0.05) is 12.6 Å². The molecular formula is C15H16N2O4. The molecule has 1 aromatic carbocycles. The first-order valence-electron chi connectivity index (χ1n) is 6.65. The highest BCUT2D eigenvalue weighted by atomic mass is 16.4. The number of hydrogen-bond donors (Lipinski definition) is 2. The minimum absolute atomic E-state index is 0.346. The number of imide groups is 1. The lowest BCUT2D eigenvalue weighted by Crippen LogP contribution is -2.47. The molecule has 1 aliphatic heterocycles. The highest BCUT2D eigenvalue weighted by Crippen LogP contribution is 2.17. The van der Waals surface area contributed by atoms with Gasteiger partial charge in [-0.1, -0.05) is 30.3 Å². The summed E-state index contributed by atoms with van der Waals surface area (Å²) in [5.74, 6) is -1.62. The number of amides is 3. The Morgan fingerprint density at radius 3 is 2.62 bits per heavy atom. The molecule has 0 aliphatic carbocycles. The lowest BCUT2D eigenvalue weighted by molar-refractivity contribution is -0.141. The van der Waals surface area contributed by atoms with Gasteiger partial charge in [-0.25, -0.2) is 9.59 Å². The van der Waals surface area contributed by atoms with E-state index in [1.807, 2.05) is 30.3 Å². The summed E-state index contributed by atoms with van der Waals surface area (Å²) in [6.07, 6.45) is 3.87. The SMILES string of the molecule is O=C(C=Cc1ccccc1)NC(=O)N1CCC[C@H]1C(=O)O. The van der Waals surface area contributed by atoms with E-state index < -0.39 is 23.9 Å². The minimum Gasteiger partial charge on any atom is -0.480 e. The van der Waals surface area contributed by atoms with Crippen LogP contribution < -0.4 is 5.32 Å². The fourth-order valence-electron chi connectivity index (χ4n) is 2.22. The Balaban J connectivity index is 1.92. The smallest absolute Gasteiger partial charge is 0.326 e. The molecule has 0 saturated carbocycles. The molecule has 3 amide bonds. The summed E-state index contributed by atoms with van der Waals surface area (Å²) < 4.78 is 0. The molecule has 1 aliphatic rings. The maximum absolute atomic E-state index is 11.9. The number of nitrogens with one attached hydrogen (secondary N) is 1. The van der Waals surface area contributed by atoms with Crippen LogP contribution in [0.25, 0.3) is 6.08 Å². The molecule has 0 radical (unpaired) electrons. The van der Waals surface area contributed by atoms with Crippen LogP contribution in [0.15, 0.2) is 36.4 Å². The van der Waals surface area contributed by atoms with Gasteiger partial charge < -0.3 is 10.0 Å². The van der Waals surface area contributed by atoms with Gasteiger partial charge in [-0.05, 0) is 24.5 Å². The predicted molar refractivity (Wildman–Crippen MR) is 76.4 cm³/mol. The van der Waals surface area contributed by atoms with Gasteiger partial charge in [0.25, 0.3) is 5.91 Å². The highest BCUT2D eigenvalue weighted by Gasteiger charge is 2.34. The molecule has 1 atom stereocenters. The van der Waals surface area contributed by atoms with Gasteiger partial charge in [-0.15, -0.1) is 0 Å². The molecule has 0 aromatic heterocycles. The number of hydrogen-bond acceptors (Lipinski definition) is 3. The third-order valence-corrected chi connectivity index (χ3v) is 3.26. The van der Waals surface area contributed by atoms with Crippen LogP contribution in [0.2, 0.25) is 0 Å². The van der Waals surface area contributed by atoms with Crippen LogP contribution in [0.4, 0.5) is 4.79 Å². The zero-order valence-corrected chi connectivity index (χ0v) is 11.4. The van der Waals surface area contributed by atoms with Crippen molar-refractivity contribution < 1.29 is 19.5 Å². The fourth-order valence-corrected chi connectivity index (χ4v) is 2.22. The first kappa shape index (κ1) is 14.8. The summed E-state index contributed by atoms with van der Waals surface area (Å²) in [4.78, 5) is 35.7. The number of carboxylic acid groups (broad SMARTS) is 1. The maximum atomic E-state index is 11.9. The number of carboxylic acids is 1. The Hall–Kier alpha value is -2.63. The third kappa shape index (κ3) is 3.92. The van der Waals surface area contributed by atoms with Gasteiger partial charge in [-0.3, -0.25) is 10.1 Å². The van der Waals surface area contributed by atoms with Crippen molar-refractivity contribution in [3.05, 3.63) is 42.0 Å². The van der Waals surface area contributed by atoms with Crippen LogP contribution in [-0.4, -0.2) is 40.5 Å². The van der Waals surface area contributed by atoms with Crippen molar-refractivity contribution in [3.8, 4) is 0 Å². The van der Waals surface area contributed by atoms with Crippen LogP contribution in [-0.2, 0) is 9.59 Å². The molecule has 1 aromatic rings. The van der Waals surface area contributed by atoms with Crippen LogP contribution >= 0.6 is 0 Å². The number of benzene rings is 1. The van der Waals surface area contributed by atoms with E-state index in [-0.39, 0.29) is 0 Å². The molecule has 1 saturated heterocycles. The molecule has 1 heterocycles. The predicted octanol–water partition coefficient (Wildman–Crippen LogP) is 1.49. The van der Waals surface area contributed by atoms with E-state index in [1.165, 1.54) is 11.0 Å². The Kier molecular flexibility index (Phi) is 4.71. The number of carbonyl (C=O) groups excluding carboxylic acids is 2. The van der Waals surface area contributed by atoms with E-state index in [9.17, 15) is 14.4 Å². The van der Waals surface area contributed by atoms with Crippen LogP contribution in [0.1, 0.15) is 18.4 Å². The van der Waals surface area contributed by atoms with Crippen molar-refractivity contribution >= 4 is 24.0 Å². The second kappa shape index (κ2) is 6.69. The lowest BCUT2D eigenvalue weighted by Gasteiger charge is -2.20. The minimum atomic E-state index is -1.05. The largest absolute Gasteiger partial charge is 0.480 e. The molecule has 110 valence electrons. The summed E-state index contributed by atoms with van der Waals surface area (Å²) >= 11 is 0. The van der Waals surface area contributed by atoms with Crippen LogP contribution in [0.5, 0.6) is 0 Å². The summed E-state index contributed by atoms with van der Waals surface area (Å²) in [6, 6.07) is 7.67. The van der Waals surface area contributed by atoms with Gasteiger partial charge in [-0.2, -0.15) is 0 Å². The zero-order valence-electron chi connectivity index (χ0n) is 11.4. The summed E-state index contributed by atoms with van der Waals surface area (Å²) in [7, 11) is 0. The second-order valence-electron chi connectivity index (χ2n) is 4.73. The van der Waals surface area contributed by atoms with Crippen molar-refractivity contribution in [1.82, 2.24) is 10.2 Å². The number of urea groups is 1. The first-order valence-corrected chi connectivity index (χ1v) is 6.65. The Labute approximate surface area is 122 Å². The first-order chi connectivity index (χ1) is 10.1. The Morgan fingerprint density at radius 2 is 1.95 bits per heavy atom. The van der Waals surface area contributed by atoms with E-state index in [4.69, 9.17) is 5.11 Å². The van der Waals surface area contributed by atoms with E-state index >= 15 is 0 Å². The fraction of sp³-hybridized carbons (Fsp3) is 0.267. The van der Waals surface area contributed by atoms with Crippen molar-refractivity contribution in [2.75, 3.05) is 6.54 Å². The maximum Gasteiger partial charge on any atom is 0.326 e. The quantitative estimate of drug-likeness (QED) is 0.825. The Bertz CT molecular complexity index is 568. The molecule has 6 nitrogen and oxygen atoms in total. The standard InChI is InChI=1S/C15H16N2O4/c18-13(9-8-11-5-2-1-3-6-11)16-15(21)17-10-4-7-12(17)14(19)20/h1-3,5-6,8-9,12H,4,7,10H2,(H,19,20)(H,16,18,21)/t12-/m0/s1. The second-order valence-corrected chi connectivity index (χ2v) is 4.73. The number of nitrogens with zero attached hydrogens (tertiary/aromatic N) is 1. The van der Waals surface area contributed by atoms with E-state index in [0.29, 0.717) is 19.4 Å². The number of likely N-dealkylation sites (tertiary alicyclic amines) is 1. The summed E-state index contributed by atoms with van der Waals surface area (Å²) in [5.41, 5.74) is 0.838. The molecule has 21 heavy (non-hydrogen) atoms. The number of carbonyl (C=O) groups is 3. The van der Waals surface area contributed by atoms with Crippen molar-refractivity contribution in [2.24, 2.45) is 0 Å². The molecule has 1 fully saturated rings. The van der Waals surface area contributed by atoms with Crippen LogP contribution in [0.3, 0.4) is 0 Å². The van der Waals surface area contributed by atoms with Gasteiger partial charge >= 0.3 is 12.0 Å². The molecule has 0 spiro atoms. The molecular weight excluding hydrogens is 272 g/mol. The van der Waals surface area contributed by atoms with Gasteiger partial charge in [0.15, 0.2) is 0 Å². The molecule has 2 N–H and O–H groups in total. The van der Waals surface area contributed by atoms with Gasteiger partial charge in [0.2, 0.25) is 0 Å². The molecule has 0 bridgehead atoms. The Morgan fingerprint density at radius 1 is 1.24 bits per heavy atom. The average molecular weight is 288 g/mol. The van der Waals surface area contributed by atoms with E-state index in [1.54, 1.807) is 6.08 Å². The summed E-state index contributed by atoms with van der Waals surface area (Å²) in [6.45, 7) is 0.346. The van der Waals surface area contributed by atoms with Gasteiger partial charge in [0.1, 0.15) is 6.04 Å². The van der Waals surface area contributed by atoms with Crippen LogP contribution in [0, 0.1) is 0 Å². The van der Waals surface area contributed by atoms with Crippen molar-refractivity contribution in [2.45, 2.75) is 18.9 Å². The average Bonchev–Trinajstić information content (AvgIpc) is 2.96. The highest BCUT2D eigenvalue weighted by molar-refractivity contribution is 6.03. The molecule has 0 unspecified atom stereocenters. The van der Waals surface area contributed by atoms with E-state index in [2.05, 4.69) is 5.32 Å². The summed E-state index contributed by atoms with van der Waals surface area (Å²) in [5, 5.41) is 11.2. The number of aliphatic carboxylic acids is 1. The van der Waals surface area contributed by atoms with Crippen molar-refractivity contribution in [3.63, 3.8) is 0 Å². The topological polar surface area (TPSA) is 86.7 Å². The third-order valence-electron chi connectivity index (χ3n) is 3.26. The monoisotopic (exact) mass is 288 g/mol.